The number of nitrogens with one attached hydrogen (secondary N) is 1. The second-order valence-electron chi connectivity index (χ2n) is 7.19. The first-order valence-electron chi connectivity index (χ1n) is 9.78. The van der Waals surface area contributed by atoms with Crippen LogP contribution >= 0.6 is 11.3 Å². The van der Waals surface area contributed by atoms with E-state index in [-0.39, 0.29) is 18.0 Å². The molecular weight excluding hydrogens is 396 g/mol. The Morgan fingerprint density at radius 1 is 1.07 bits per heavy atom. The number of aryl methyl sites for hydroxylation is 3. The fourth-order valence-corrected chi connectivity index (χ4v) is 4.15. The zero-order chi connectivity index (χ0) is 21.3. The molecule has 4 aromatic rings. The standard InChI is InChI=1S/C23H22N4O2S/c1-4-16-7-11-18(12-8-16)25-19(28)13-27-23(29)21-22(30-15(3)24-21)20(26-27)17-9-5-14(2)6-10-17/h5-12H,4,13H2,1-3H3,(H,25,28). The molecule has 0 fully saturated rings. The van der Waals surface area contributed by atoms with Crippen molar-refractivity contribution in [3.05, 3.63) is 75.0 Å². The molecule has 0 radical (unpaired) electrons. The molecule has 0 atom stereocenters. The predicted octanol–water partition coefficient (Wildman–Crippen LogP) is 4.34. The number of fused-ring (bicyclic) bond motifs is 1. The van der Waals surface area contributed by atoms with Crippen LogP contribution in [0, 0.1) is 13.8 Å². The summed E-state index contributed by atoms with van der Waals surface area (Å²) in [6, 6.07) is 15.6. The Hall–Kier alpha value is -3.32. The van der Waals surface area contributed by atoms with Crippen molar-refractivity contribution in [1.82, 2.24) is 14.8 Å². The molecule has 0 saturated heterocycles. The first-order chi connectivity index (χ1) is 14.4. The third-order valence-corrected chi connectivity index (χ3v) is 5.85. The van der Waals surface area contributed by atoms with E-state index in [1.54, 1.807) is 0 Å². The van der Waals surface area contributed by atoms with Crippen molar-refractivity contribution in [2.45, 2.75) is 33.7 Å². The van der Waals surface area contributed by atoms with Crippen molar-refractivity contribution in [2.24, 2.45) is 0 Å². The van der Waals surface area contributed by atoms with E-state index in [4.69, 9.17) is 0 Å². The van der Waals surface area contributed by atoms with Gasteiger partial charge in [-0.15, -0.1) is 11.3 Å². The summed E-state index contributed by atoms with van der Waals surface area (Å²) in [5, 5.41) is 8.16. The van der Waals surface area contributed by atoms with Crippen LogP contribution in [-0.4, -0.2) is 20.7 Å². The maximum absolute atomic E-state index is 12.9. The molecule has 7 heteroatoms. The number of carbonyl (C=O) groups is 1. The van der Waals surface area contributed by atoms with Crippen LogP contribution in [0.1, 0.15) is 23.1 Å². The molecule has 2 aromatic heterocycles. The molecule has 0 aliphatic heterocycles. The molecule has 0 bridgehead atoms. The smallest absolute Gasteiger partial charge is 0.294 e. The summed E-state index contributed by atoms with van der Waals surface area (Å²) in [5.74, 6) is -0.310. The summed E-state index contributed by atoms with van der Waals surface area (Å²) in [6.07, 6.45) is 0.933. The molecule has 0 saturated carbocycles. The average molecular weight is 419 g/mol. The van der Waals surface area contributed by atoms with E-state index < -0.39 is 0 Å². The third-order valence-electron chi connectivity index (χ3n) is 4.87. The average Bonchev–Trinajstić information content (AvgIpc) is 3.13. The third kappa shape index (κ3) is 4.02. The normalized spacial score (nSPS) is 11.0. The number of amides is 1. The van der Waals surface area contributed by atoms with Crippen LogP contribution in [0.2, 0.25) is 0 Å². The van der Waals surface area contributed by atoms with Crippen molar-refractivity contribution in [3.8, 4) is 11.3 Å². The van der Waals surface area contributed by atoms with Gasteiger partial charge in [-0.2, -0.15) is 5.10 Å². The van der Waals surface area contributed by atoms with E-state index in [1.807, 2.05) is 62.4 Å². The predicted molar refractivity (Wildman–Crippen MR) is 121 cm³/mol. The Balaban J connectivity index is 1.69. The van der Waals surface area contributed by atoms with Gasteiger partial charge in [-0.05, 0) is 38.0 Å². The lowest BCUT2D eigenvalue weighted by atomic mass is 10.1. The minimum absolute atomic E-state index is 0.181. The quantitative estimate of drug-likeness (QED) is 0.523. The van der Waals surface area contributed by atoms with Crippen molar-refractivity contribution in [1.29, 1.82) is 0 Å². The Bertz CT molecular complexity index is 1270. The van der Waals surface area contributed by atoms with E-state index in [1.165, 1.54) is 21.6 Å². The second-order valence-corrected chi connectivity index (χ2v) is 8.39. The van der Waals surface area contributed by atoms with Gasteiger partial charge in [0.05, 0.1) is 9.71 Å². The maximum atomic E-state index is 12.9. The number of hydrogen-bond acceptors (Lipinski definition) is 5. The topological polar surface area (TPSA) is 76.9 Å². The van der Waals surface area contributed by atoms with Gasteiger partial charge in [0, 0.05) is 11.3 Å². The molecular formula is C23H22N4O2S. The fourth-order valence-electron chi connectivity index (χ4n) is 3.23. The Morgan fingerprint density at radius 2 is 1.77 bits per heavy atom. The van der Waals surface area contributed by atoms with Gasteiger partial charge >= 0.3 is 0 Å². The van der Waals surface area contributed by atoms with E-state index in [9.17, 15) is 9.59 Å². The molecule has 0 aliphatic rings. The molecule has 4 rings (SSSR count). The number of anilines is 1. The molecule has 0 unspecified atom stereocenters. The van der Waals surface area contributed by atoms with Gasteiger partial charge < -0.3 is 5.32 Å². The van der Waals surface area contributed by atoms with Gasteiger partial charge in [0.15, 0.2) is 5.52 Å². The summed E-state index contributed by atoms with van der Waals surface area (Å²) in [6.45, 7) is 5.77. The van der Waals surface area contributed by atoms with E-state index in [0.29, 0.717) is 16.9 Å². The minimum atomic E-state index is -0.360. The Morgan fingerprint density at radius 3 is 2.43 bits per heavy atom. The zero-order valence-electron chi connectivity index (χ0n) is 17.1. The van der Waals surface area contributed by atoms with Crippen molar-refractivity contribution >= 4 is 33.1 Å². The number of nitrogens with zero attached hydrogens (tertiary/aromatic N) is 3. The lowest BCUT2D eigenvalue weighted by Crippen LogP contribution is -2.30. The SMILES string of the molecule is CCc1ccc(NC(=O)Cn2nc(-c3ccc(C)cc3)c3sc(C)nc3c2=O)cc1. The van der Waals surface area contributed by atoms with Crippen LogP contribution in [0.4, 0.5) is 5.69 Å². The highest BCUT2D eigenvalue weighted by Crippen LogP contribution is 2.29. The summed E-state index contributed by atoms with van der Waals surface area (Å²) in [5.41, 5.74) is 4.56. The zero-order valence-corrected chi connectivity index (χ0v) is 17.9. The number of thiazole rings is 1. The lowest BCUT2D eigenvalue weighted by Gasteiger charge is -2.10. The highest BCUT2D eigenvalue weighted by atomic mass is 32.1. The Labute approximate surface area is 178 Å². The first kappa shape index (κ1) is 20.0. The molecule has 152 valence electrons. The van der Waals surface area contributed by atoms with Crippen LogP contribution in [0.25, 0.3) is 21.5 Å². The number of benzene rings is 2. The fraction of sp³-hybridized carbons (Fsp3) is 0.217. The highest BCUT2D eigenvalue weighted by molar-refractivity contribution is 7.19. The summed E-state index contributed by atoms with van der Waals surface area (Å²) >= 11 is 1.44. The van der Waals surface area contributed by atoms with Gasteiger partial charge in [0.25, 0.3) is 5.56 Å². The Kier molecular flexibility index (Phi) is 5.46. The molecule has 1 amide bonds. The number of rotatable bonds is 5. The summed E-state index contributed by atoms with van der Waals surface area (Å²) in [4.78, 5) is 29.9. The van der Waals surface area contributed by atoms with E-state index in [2.05, 4.69) is 22.3 Å². The van der Waals surface area contributed by atoms with Crippen LogP contribution in [0.5, 0.6) is 0 Å². The summed E-state index contributed by atoms with van der Waals surface area (Å²) in [7, 11) is 0. The van der Waals surface area contributed by atoms with Gasteiger partial charge in [0.1, 0.15) is 12.2 Å². The largest absolute Gasteiger partial charge is 0.324 e. The van der Waals surface area contributed by atoms with Crippen LogP contribution in [0.3, 0.4) is 0 Å². The molecule has 6 nitrogen and oxygen atoms in total. The van der Waals surface area contributed by atoms with Crippen molar-refractivity contribution in [2.75, 3.05) is 5.32 Å². The highest BCUT2D eigenvalue weighted by Gasteiger charge is 2.18. The van der Waals surface area contributed by atoms with Crippen LogP contribution in [-0.2, 0) is 17.8 Å². The molecule has 0 spiro atoms. The van der Waals surface area contributed by atoms with E-state index in [0.717, 1.165) is 27.3 Å². The molecule has 2 aromatic carbocycles. The first-order valence-corrected chi connectivity index (χ1v) is 10.6. The molecule has 1 N–H and O–H groups in total. The monoisotopic (exact) mass is 418 g/mol. The van der Waals surface area contributed by atoms with Crippen molar-refractivity contribution < 1.29 is 4.79 Å². The molecule has 0 aliphatic carbocycles. The number of hydrogen-bond donors (Lipinski definition) is 1. The number of carbonyl (C=O) groups excluding carboxylic acids is 1. The van der Waals surface area contributed by atoms with Crippen molar-refractivity contribution in [3.63, 3.8) is 0 Å². The van der Waals surface area contributed by atoms with Gasteiger partial charge in [-0.1, -0.05) is 48.9 Å². The van der Waals surface area contributed by atoms with Crippen LogP contribution < -0.4 is 10.9 Å². The summed E-state index contributed by atoms with van der Waals surface area (Å²) < 4.78 is 1.94. The lowest BCUT2D eigenvalue weighted by molar-refractivity contribution is -0.117. The van der Waals surface area contributed by atoms with Gasteiger partial charge in [-0.3, -0.25) is 9.59 Å². The van der Waals surface area contributed by atoms with Crippen LogP contribution in [0.15, 0.2) is 53.3 Å². The molecule has 2 heterocycles. The number of aromatic nitrogens is 3. The minimum Gasteiger partial charge on any atom is -0.324 e. The van der Waals surface area contributed by atoms with Gasteiger partial charge in [-0.25, -0.2) is 9.67 Å². The van der Waals surface area contributed by atoms with E-state index >= 15 is 0 Å². The molecule has 30 heavy (non-hydrogen) atoms. The van der Waals surface area contributed by atoms with Gasteiger partial charge in [0.2, 0.25) is 5.91 Å². The maximum Gasteiger partial charge on any atom is 0.294 e. The second kappa shape index (κ2) is 8.20.